The van der Waals surface area contributed by atoms with Gasteiger partial charge in [-0.05, 0) is 25.3 Å². The number of aromatic amines is 1. The minimum atomic E-state index is 0.0901. The highest BCUT2D eigenvalue weighted by Crippen LogP contribution is 2.27. The number of nitrogens with one attached hydrogen (secondary N) is 1. The van der Waals surface area contributed by atoms with Crippen molar-refractivity contribution in [2.75, 3.05) is 31.6 Å². The van der Waals surface area contributed by atoms with E-state index in [-0.39, 0.29) is 12.1 Å². The Hall–Kier alpha value is -2.57. The fraction of sp³-hybridized carbons (Fsp3) is 0.471. The Bertz CT molecular complexity index is 769. The molecule has 1 unspecified atom stereocenters. The summed E-state index contributed by atoms with van der Waals surface area (Å²) in [5, 5.41) is 1.03. The van der Waals surface area contributed by atoms with Crippen LogP contribution in [0.1, 0.15) is 19.3 Å². The zero-order chi connectivity index (χ0) is 16.5. The molecule has 24 heavy (non-hydrogen) atoms. The lowest BCUT2D eigenvalue weighted by Gasteiger charge is -2.31. The minimum absolute atomic E-state index is 0.0901. The number of hydrogen-bond donors (Lipinski definition) is 1. The van der Waals surface area contributed by atoms with Gasteiger partial charge in [0, 0.05) is 39.1 Å². The van der Waals surface area contributed by atoms with Crippen LogP contribution in [-0.2, 0) is 0 Å². The molecule has 0 spiro atoms. The van der Waals surface area contributed by atoms with Gasteiger partial charge in [0.25, 0.3) is 0 Å². The lowest BCUT2D eigenvalue weighted by Crippen LogP contribution is -2.45. The van der Waals surface area contributed by atoms with Crippen LogP contribution in [0.2, 0.25) is 0 Å². The number of carbonyl (C=O) groups excluding carboxylic acids is 1. The topological polar surface area (TPSA) is 68.4 Å². The number of fused-ring (bicyclic) bond motifs is 1. The first kappa shape index (κ1) is 15.0. The fourth-order valence-corrected chi connectivity index (χ4v) is 3.54. The molecule has 0 aliphatic carbocycles. The summed E-state index contributed by atoms with van der Waals surface area (Å²) < 4.78 is 0. The van der Waals surface area contributed by atoms with Crippen LogP contribution in [0.4, 0.5) is 10.6 Å². The summed E-state index contributed by atoms with van der Waals surface area (Å²) in [6.45, 7) is 2.51. The predicted molar refractivity (Wildman–Crippen MR) is 92.7 cm³/mol. The number of aromatic nitrogens is 3. The van der Waals surface area contributed by atoms with E-state index in [2.05, 4.69) is 25.9 Å². The van der Waals surface area contributed by atoms with Crippen LogP contribution in [0.3, 0.4) is 0 Å². The van der Waals surface area contributed by atoms with E-state index in [4.69, 9.17) is 0 Å². The largest absolute Gasteiger partial charge is 0.354 e. The van der Waals surface area contributed by atoms with E-state index >= 15 is 0 Å². The van der Waals surface area contributed by atoms with Crippen molar-refractivity contribution < 1.29 is 4.79 Å². The molecule has 4 rings (SSSR count). The highest BCUT2D eigenvalue weighted by molar-refractivity contribution is 5.87. The highest BCUT2D eigenvalue weighted by atomic mass is 16.2. The van der Waals surface area contributed by atoms with Crippen molar-refractivity contribution in [3.05, 3.63) is 30.9 Å². The molecule has 1 saturated heterocycles. The molecule has 7 heteroatoms. The maximum Gasteiger partial charge on any atom is 0.324 e. The van der Waals surface area contributed by atoms with E-state index in [1.807, 2.05) is 35.3 Å². The van der Waals surface area contributed by atoms with Gasteiger partial charge in [0.05, 0.1) is 11.4 Å². The number of rotatable bonds is 2. The van der Waals surface area contributed by atoms with Crippen molar-refractivity contribution >= 4 is 22.9 Å². The van der Waals surface area contributed by atoms with Crippen molar-refractivity contribution in [3.8, 4) is 0 Å². The highest BCUT2D eigenvalue weighted by Gasteiger charge is 2.31. The molecule has 2 aromatic heterocycles. The average Bonchev–Trinajstić information content (AvgIpc) is 3.30. The Balaban J connectivity index is 1.48. The van der Waals surface area contributed by atoms with Crippen LogP contribution >= 0.6 is 0 Å². The third-order valence-electron chi connectivity index (χ3n) is 4.95. The van der Waals surface area contributed by atoms with Crippen molar-refractivity contribution in [2.45, 2.75) is 25.3 Å². The number of urea groups is 1. The molecule has 126 valence electrons. The first-order valence-electron chi connectivity index (χ1n) is 8.47. The normalized spacial score (nSPS) is 20.8. The van der Waals surface area contributed by atoms with Crippen LogP contribution in [0.15, 0.2) is 30.9 Å². The monoisotopic (exact) mass is 326 g/mol. The fourth-order valence-electron chi connectivity index (χ4n) is 3.54. The van der Waals surface area contributed by atoms with Gasteiger partial charge < -0.3 is 19.7 Å². The SMILES string of the molecule is CN(C(=O)N1C=CCCC1)C1CCN(c2ncnc3[nH]ccc23)C1. The second-order valence-electron chi connectivity index (χ2n) is 6.44. The number of carbonyl (C=O) groups is 1. The summed E-state index contributed by atoms with van der Waals surface area (Å²) >= 11 is 0. The summed E-state index contributed by atoms with van der Waals surface area (Å²) in [6.07, 6.45) is 10.5. The number of nitrogens with zero attached hydrogens (tertiary/aromatic N) is 5. The lowest BCUT2D eigenvalue weighted by molar-refractivity contribution is 0.164. The first-order chi connectivity index (χ1) is 11.7. The van der Waals surface area contributed by atoms with Gasteiger partial charge in [-0.3, -0.25) is 0 Å². The third kappa shape index (κ3) is 2.60. The molecule has 1 atom stereocenters. The molecule has 0 bridgehead atoms. The van der Waals surface area contributed by atoms with E-state index in [9.17, 15) is 4.79 Å². The molecule has 2 aliphatic rings. The van der Waals surface area contributed by atoms with E-state index in [1.54, 1.807) is 6.33 Å². The first-order valence-corrected chi connectivity index (χ1v) is 8.47. The van der Waals surface area contributed by atoms with E-state index in [0.717, 1.165) is 55.7 Å². The molecule has 1 N–H and O–H groups in total. The van der Waals surface area contributed by atoms with Gasteiger partial charge in [0.2, 0.25) is 0 Å². The quantitative estimate of drug-likeness (QED) is 0.918. The molecule has 1 fully saturated rings. The summed E-state index contributed by atoms with van der Waals surface area (Å²) in [6, 6.07) is 2.30. The number of likely N-dealkylation sites (N-methyl/N-ethyl adjacent to an activating group) is 1. The number of anilines is 1. The second-order valence-corrected chi connectivity index (χ2v) is 6.44. The molecule has 2 aliphatic heterocycles. The number of H-pyrrole nitrogens is 1. The summed E-state index contributed by atoms with van der Waals surface area (Å²) in [5.41, 5.74) is 0.853. The number of hydrogen-bond acceptors (Lipinski definition) is 4. The molecular formula is C17H22N6O. The van der Waals surface area contributed by atoms with E-state index in [1.165, 1.54) is 0 Å². The Morgan fingerprint density at radius 1 is 1.38 bits per heavy atom. The van der Waals surface area contributed by atoms with Gasteiger partial charge in [-0.15, -0.1) is 0 Å². The van der Waals surface area contributed by atoms with Crippen LogP contribution in [-0.4, -0.2) is 63.5 Å². The molecule has 2 aromatic rings. The van der Waals surface area contributed by atoms with E-state index < -0.39 is 0 Å². The number of amides is 2. The standard InChI is InChI=1S/C17H22N6O/c1-21(17(24)22-8-3-2-4-9-22)13-6-10-23(11-13)16-14-5-7-18-15(14)19-12-20-16/h3,5,7-8,12-13H,2,4,6,9-11H2,1H3,(H,18,19,20). The maximum atomic E-state index is 12.7. The zero-order valence-corrected chi connectivity index (χ0v) is 13.9. The molecule has 2 amide bonds. The Morgan fingerprint density at radius 2 is 2.29 bits per heavy atom. The van der Waals surface area contributed by atoms with Crippen LogP contribution in [0.5, 0.6) is 0 Å². The summed E-state index contributed by atoms with van der Waals surface area (Å²) in [4.78, 5) is 30.4. The Kier molecular flexibility index (Phi) is 3.84. The molecule has 0 radical (unpaired) electrons. The van der Waals surface area contributed by atoms with Crippen molar-refractivity contribution in [2.24, 2.45) is 0 Å². The summed E-state index contributed by atoms with van der Waals surface area (Å²) in [5.74, 6) is 0.947. The smallest absolute Gasteiger partial charge is 0.324 e. The van der Waals surface area contributed by atoms with Gasteiger partial charge in [0.15, 0.2) is 0 Å². The molecule has 0 aromatic carbocycles. The lowest BCUT2D eigenvalue weighted by atomic mass is 10.2. The van der Waals surface area contributed by atoms with Gasteiger partial charge in [-0.2, -0.15) is 0 Å². The average molecular weight is 326 g/mol. The van der Waals surface area contributed by atoms with Crippen LogP contribution < -0.4 is 4.90 Å². The minimum Gasteiger partial charge on any atom is -0.354 e. The van der Waals surface area contributed by atoms with Crippen molar-refractivity contribution in [3.63, 3.8) is 0 Å². The summed E-state index contributed by atoms with van der Waals surface area (Å²) in [7, 11) is 1.91. The van der Waals surface area contributed by atoms with E-state index in [0.29, 0.717) is 0 Å². The van der Waals surface area contributed by atoms with Crippen LogP contribution in [0.25, 0.3) is 11.0 Å². The van der Waals surface area contributed by atoms with Gasteiger partial charge in [0.1, 0.15) is 17.8 Å². The van der Waals surface area contributed by atoms with Crippen molar-refractivity contribution in [1.29, 1.82) is 0 Å². The Morgan fingerprint density at radius 3 is 3.12 bits per heavy atom. The van der Waals surface area contributed by atoms with Gasteiger partial charge >= 0.3 is 6.03 Å². The Labute approximate surface area is 141 Å². The molecule has 0 saturated carbocycles. The zero-order valence-electron chi connectivity index (χ0n) is 13.9. The second kappa shape index (κ2) is 6.14. The number of allylic oxidation sites excluding steroid dienone is 1. The predicted octanol–water partition coefficient (Wildman–Crippen LogP) is 2.20. The molecule has 4 heterocycles. The molecular weight excluding hydrogens is 304 g/mol. The van der Waals surface area contributed by atoms with Gasteiger partial charge in [-0.1, -0.05) is 6.08 Å². The maximum absolute atomic E-state index is 12.7. The molecule has 7 nitrogen and oxygen atoms in total. The van der Waals surface area contributed by atoms with Gasteiger partial charge in [-0.25, -0.2) is 14.8 Å². The van der Waals surface area contributed by atoms with Crippen LogP contribution in [0, 0.1) is 0 Å². The van der Waals surface area contributed by atoms with Crippen molar-refractivity contribution in [1.82, 2.24) is 24.8 Å². The third-order valence-corrected chi connectivity index (χ3v) is 4.95.